The standard InChI is InChI=1S/C4H7N4O2S2/c1-3(12(2,9)10)8-4(11)5-6-7-8/h3H,1-2H3. The Morgan fingerprint density at radius 3 is 2.50 bits per heavy atom. The molecule has 8 heteroatoms. The molecule has 1 radical (unpaired) electrons. The second-order valence-electron chi connectivity index (χ2n) is 2.33. The van der Waals surface area contributed by atoms with Gasteiger partial charge in [0.1, 0.15) is 0 Å². The van der Waals surface area contributed by atoms with Gasteiger partial charge in [-0.2, -0.15) is 4.68 Å². The molecule has 0 spiro atoms. The van der Waals surface area contributed by atoms with Crippen LogP contribution in [0.3, 0.4) is 0 Å². The van der Waals surface area contributed by atoms with Crippen molar-refractivity contribution in [1.29, 1.82) is 0 Å². The van der Waals surface area contributed by atoms with Crippen molar-refractivity contribution in [2.75, 3.05) is 6.26 Å². The summed E-state index contributed by atoms with van der Waals surface area (Å²) in [5.74, 6) is 0. The van der Waals surface area contributed by atoms with E-state index in [0.29, 0.717) is 0 Å². The van der Waals surface area contributed by atoms with Gasteiger partial charge in [0, 0.05) is 6.26 Å². The maximum atomic E-state index is 11.0. The molecule has 0 bridgehead atoms. The third-order valence-corrected chi connectivity index (χ3v) is 3.13. The Kier molecular flexibility index (Phi) is 2.29. The van der Waals surface area contributed by atoms with Gasteiger partial charge in [0.05, 0.1) is 0 Å². The molecule has 0 amide bonds. The number of tetrazole rings is 1. The Morgan fingerprint density at radius 1 is 1.58 bits per heavy atom. The van der Waals surface area contributed by atoms with Crippen LogP contribution in [0, 0.1) is 0 Å². The van der Waals surface area contributed by atoms with Gasteiger partial charge in [-0.25, -0.2) is 8.42 Å². The molecule has 0 N–H and O–H groups in total. The van der Waals surface area contributed by atoms with E-state index in [2.05, 4.69) is 15.5 Å². The number of sulfone groups is 1. The van der Waals surface area contributed by atoms with Gasteiger partial charge in [-0.15, -0.1) is 0 Å². The zero-order chi connectivity index (χ0) is 9.35. The van der Waals surface area contributed by atoms with Gasteiger partial charge in [-0.05, 0) is 30.0 Å². The predicted octanol–water partition coefficient (Wildman–Crippen LogP) is -0.207. The maximum Gasteiger partial charge on any atom is 0.241 e. The zero-order valence-electron chi connectivity index (χ0n) is 6.50. The lowest BCUT2D eigenvalue weighted by Crippen LogP contribution is -2.17. The molecule has 0 saturated heterocycles. The lowest BCUT2D eigenvalue weighted by Gasteiger charge is -2.07. The van der Waals surface area contributed by atoms with Crippen molar-refractivity contribution in [3.8, 4) is 0 Å². The first-order chi connectivity index (χ1) is 5.43. The van der Waals surface area contributed by atoms with Crippen LogP contribution in [0.15, 0.2) is 5.16 Å². The summed E-state index contributed by atoms with van der Waals surface area (Å²) in [6.07, 6.45) is 1.11. The van der Waals surface area contributed by atoms with Gasteiger partial charge in [-0.3, -0.25) is 0 Å². The Bertz CT molecular complexity index is 370. The van der Waals surface area contributed by atoms with Crippen LogP contribution in [0.2, 0.25) is 0 Å². The monoisotopic (exact) mass is 207 g/mol. The second-order valence-corrected chi connectivity index (χ2v) is 5.04. The number of hydrogen-bond acceptors (Lipinski definition) is 5. The summed E-state index contributed by atoms with van der Waals surface area (Å²) in [5.41, 5.74) is 0. The van der Waals surface area contributed by atoms with Gasteiger partial charge in [-0.1, -0.05) is 5.10 Å². The van der Waals surface area contributed by atoms with Gasteiger partial charge in [0.2, 0.25) is 5.16 Å². The summed E-state index contributed by atoms with van der Waals surface area (Å²) >= 11 is 4.69. The first kappa shape index (κ1) is 9.33. The summed E-state index contributed by atoms with van der Waals surface area (Å²) in [6, 6.07) is 0. The molecule has 12 heavy (non-hydrogen) atoms. The Hall–Kier alpha value is -0.760. The van der Waals surface area contributed by atoms with E-state index < -0.39 is 15.2 Å². The van der Waals surface area contributed by atoms with Crippen LogP contribution in [0.5, 0.6) is 0 Å². The molecule has 1 heterocycles. The van der Waals surface area contributed by atoms with E-state index in [1.54, 1.807) is 0 Å². The highest BCUT2D eigenvalue weighted by Crippen LogP contribution is 2.13. The van der Waals surface area contributed by atoms with Crippen LogP contribution in [-0.2, 0) is 9.84 Å². The molecule has 1 unspecified atom stereocenters. The summed E-state index contributed by atoms with van der Waals surface area (Å²) in [4.78, 5) is 0. The molecule has 0 aliphatic heterocycles. The van der Waals surface area contributed by atoms with Crippen molar-refractivity contribution < 1.29 is 8.42 Å². The lowest BCUT2D eigenvalue weighted by molar-refractivity contribution is 0.512. The highest BCUT2D eigenvalue weighted by molar-refractivity contribution is 7.90. The molecule has 0 aliphatic rings. The second kappa shape index (κ2) is 2.94. The summed E-state index contributed by atoms with van der Waals surface area (Å²) in [7, 11) is -3.19. The number of rotatable bonds is 2. The van der Waals surface area contributed by atoms with E-state index in [1.165, 1.54) is 6.92 Å². The molecule has 0 aliphatic carbocycles. The van der Waals surface area contributed by atoms with E-state index in [1.807, 2.05) is 0 Å². The van der Waals surface area contributed by atoms with E-state index in [4.69, 9.17) is 12.6 Å². The molecule has 6 nitrogen and oxygen atoms in total. The lowest BCUT2D eigenvalue weighted by atomic mass is 10.8. The third kappa shape index (κ3) is 1.69. The van der Waals surface area contributed by atoms with E-state index in [9.17, 15) is 8.42 Å². The van der Waals surface area contributed by atoms with Crippen LogP contribution in [0.1, 0.15) is 12.3 Å². The average molecular weight is 207 g/mol. The summed E-state index contributed by atoms with van der Waals surface area (Å²) in [6.45, 7) is 1.47. The molecule has 0 fully saturated rings. The van der Waals surface area contributed by atoms with Crippen molar-refractivity contribution in [2.24, 2.45) is 0 Å². The maximum absolute atomic E-state index is 11.0. The molecule has 1 atom stereocenters. The van der Waals surface area contributed by atoms with E-state index in [0.717, 1.165) is 10.9 Å². The van der Waals surface area contributed by atoms with Crippen molar-refractivity contribution >= 4 is 22.5 Å². The number of aromatic nitrogens is 4. The molecular weight excluding hydrogens is 200 g/mol. The minimum Gasteiger partial charge on any atom is -0.227 e. The largest absolute Gasteiger partial charge is 0.241 e. The van der Waals surface area contributed by atoms with Gasteiger partial charge in [0.15, 0.2) is 15.2 Å². The smallest absolute Gasteiger partial charge is 0.227 e. The van der Waals surface area contributed by atoms with E-state index in [-0.39, 0.29) is 5.16 Å². The minimum atomic E-state index is -3.19. The third-order valence-electron chi connectivity index (χ3n) is 1.43. The molecule has 1 aromatic heterocycles. The van der Waals surface area contributed by atoms with Crippen LogP contribution < -0.4 is 0 Å². The Morgan fingerprint density at radius 2 is 2.17 bits per heavy atom. The summed E-state index contributed by atoms with van der Waals surface area (Å²) < 4.78 is 23.1. The SMILES string of the molecule is CC(n1nnnc1[S])S(C)(=O)=O. The van der Waals surface area contributed by atoms with Crippen molar-refractivity contribution in [1.82, 2.24) is 20.2 Å². The fraction of sp³-hybridized carbons (Fsp3) is 0.750. The fourth-order valence-corrected chi connectivity index (χ4v) is 1.40. The topological polar surface area (TPSA) is 77.7 Å². The quantitative estimate of drug-likeness (QED) is 0.670. The zero-order valence-corrected chi connectivity index (χ0v) is 8.13. The number of nitrogens with zero attached hydrogens (tertiary/aromatic N) is 4. The highest BCUT2D eigenvalue weighted by atomic mass is 32.2. The molecular formula is C4H7N4O2S2. The minimum absolute atomic E-state index is 0.0768. The molecule has 67 valence electrons. The molecule has 0 saturated carbocycles. The van der Waals surface area contributed by atoms with Crippen LogP contribution in [0.4, 0.5) is 0 Å². The predicted molar refractivity (Wildman–Crippen MR) is 43.2 cm³/mol. The van der Waals surface area contributed by atoms with E-state index >= 15 is 0 Å². The Labute approximate surface area is 75.3 Å². The Balaban J connectivity index is 3.09. The van der Waals surface area contributed by atoms with Crippen LogP contribution in [0.25, 0.3) is 0 Å². The van der Waals surface area contributed by atoms with Crippen molar-refractivity contribution in [2.45, 2.75) is 17.5 Å². The summed E-state index contributed by atoms with van der Waals surface area (Å²) in [5, 5.41) is 9.38. The van der Waals surface area contributed by atoms with Gasteiger partial charge < -0.3 is 0 Å². The van der Waals surface area contributed by atoms with Gasteiger partial charge in [0.25, 0.3) is 0 Å². The first-order valence-electron chi connectivity index (χ1n) is 3.06. The van der Waals surface area contributed by atoms with Crippen LogP contribution in [-0.4, -0.2) is 34.9 Å². The first-order valence-corrected chi connectivity index (χ1v) is 5.43. The average Bonchev–Trinajstić information content (AvgIpc) is 2.31. The molecule has 1 aromatic rings. The van der Waals surface area contributed by atoms with Crippen molar-refractivity contribution in [3.63, 3.8) is 0 Å². The molecule has 0 aromatic carbocycles. The normalized spacial score (nSPS) is 14.5. The van der Waals surface area contributed by atoms with Crippen LogP contribution >= 0.6 is 12.6 Å². The van der Waals surface area contributed by atoms with Crippen molar-refractivity contribution in [3.05, 3.63) is 0 Å². The fourth-order valence-electron chi connectivity index (χ4n) is 0.595. The highest BCUT2D eigenvalue weighted by Gasteiger charge is 2.20. The number of hydrogen-bond donors (Lipinski definition) is 0. The van der Waals surface area contributed by atoms with Gasteiger partial charge >= 0.3 is 0 Å². The molecule has 1 rings (SSSR count).